The summed E-state index contributed by atoms with van der Waals surface area (Å²) in [6.07, 6.45) is 0. The first-order valence-electron chi connectivity index (χ1n) is 8.49. The Kier molecular flexibility index (Phi) is 4.12. The molecule has 2 aromatic heterocycles. The number of hydrogen-bond acceptors (Lipinski definition) is 6. The second-order valence-corrected chi connectivity index (χ2v) is 6.11. The van der Waals surface area contributed by atoms with Crippen molar-refractivity contribution in [3.8, 4) is 34.3 Å². The Morgan fingerprint density at radius 3 is 2.89 bits per heavy atom. The molecule has 0 aliphatic heterocycles. The molecule has 7 nitrogen and oxygen atoms in total. The minimum Gasteiger partial charge on any atom is -0.506 e. The molecule has 0 amide bonds. The van der Waals surface area contributed by atoms with E-state index in [2.05, 4.69) is 15.1 Å². The van der Waals surface area contributed by atoms with Gasteiger partial charge in [-0.3, -0.25) is 4.79 Å². The normalized spacial score (nSPS) is 11.0. The number of aromatic amines is 1. The molecule has 2 aromatic carbocycles. The molecule has 0 fully saturated rings. The number of aromatic nitrogens is 3. The number of pyridine rings is 1. The van der Waals surface area contributed by atoms with Crippen molar-refractivity contribution in [1.29, 1.82) is 0 Å². The number of nitrogens with one attached hydrogen (secondary N) is 1. The number of aromatic hydroxyl groups is 1. The summed E-state index contributed by atoms with van der Waals surface area (Å²) in [4.78, 5) is 19.5. The molecule has 0 aliphatic carbocycles. The fourth-order valence-corrected chi connectivity index (χ4v) is 2.92. The van der Waals surface area contributed by atoms with Crippen molar-refractivity contribution >= 4 is 10.9 Å². The molecular weight excluding hydrogens is 346 g/mol. The topological polar surface area (TPSA) is 101 Å². The van der Waals surface area contributed by atoms with Crippen molar-refractivity contribution in [2.45, 2.75) is 13.8 Å². The van der Waals surface area contributed by atoms with Crippen LogP contribution in [0.1, 0.15) is 12.5 Å². The number of ether oxygens (including phenoxy) is 1. The van der Waals surface area contributed by atoms with E-state index < -0.39 is 5.56 Å². The molecule has 0 spiro atoms. The van der Waals surface area contributed by atoms with E-state index in [1.807, 2.05) is 38.1 Å². The van der Waals surface area contributed by atoms with Crippen molar-refractivity contribution in [2.24, 2.45) is 0 Å². The average molecular weight is 363 g/mol. The van der Waals surface area contributed by atoms with Crippen molar-refractivity contribution in [1.82, 2.24) is 15.1 Å². The molecule has 0 atom stereocenters. The second-order valence-electron chi connectivity index (χ2n) is 6.11. The quantitative estimate of drug-likeness (QED) is 0.574. The fraction of sp³-hybridized carbons (Fsp3) is 0.150. The molecule has 0 bridgehead atoms. The summed E-state index contributed by atoms with van der Waals surface area (Å²) in [6.45, 7) is 4.34. The molecule has 0 radical (unpaired) electrons. The molecule has 0 saturated carbocycles. The van der Waals surface area contributed by atoms with Crippen molar-refractivity contribution in [3.63, 3.8) is 0 Å². The Morgan fingerprint density at radius 1 is 1.22 bits per heavy atom. The minimum absolute atomic E-state index is 0.0473. The molecule has 0 unspecified atom stereocenters. The second kappa shape index (κ2) is 6.60. The SMILES string of the molecule is CCOc1cccc(-c2noc(-c3c(O)c4cc(C)ccc4[nH]c3=O)n2)c1. The van der Waals surface area contributed by atoms with Gasteiger partial charge in [0.25, 0.3) is 11.4 Å². The van der Waals surface area contributed by atoms with Gasteiger partial charge in [0.2, 0.25) is 5.82 Å². The summed E-state index contributed by atoms with van der Waals surface area (Å²) in [7, 11) is 0. The molecule has 0 aliphatic rings. The van der Waals surface area contributed by atoms with E-state index >= 15 is 0 Å². The maximum absolute atomic E-state index is 12.5. The lowest BCUT2D eigenvalue weighted by molar-refractivity contribution is 0.340. The van der Waals surface area contributed by atoms with Gasteiger partial charge in [-0.25, -0.2) is 0 Å². The van der Waals surface area contributed by atoms with Gasteiger partial charge < -0.3 is 19.4 Å². The highest BCUT2D eigenvalue weighted by Crippen LogP contribution is 2.32. The van der Waals surface area contributed by atoms with Crippen LogP contribution in [0.5, 0.6) is 11.5 Å². The Labute approximate surface area is 154 Å². The maximum atomic E-state index is 12.5. The van der Waals surface area contributed by atoms with Gasteiger partial charge in [-0.15, -0.1) is 0 Å². The van der Waals surface area contributed by atoms with E-state index in [1.165, 1.54) is 0 Å². The van der Waals surface area contributed by atoms with Gasteiger partial charge in [0.05, 0.1) is 12.1 Å². The molecular formula is C20H17N3O4. The number of H-pyrrole nitrogens is 1. The molecule has 2 N–H and O–H groups in total. The average Bonchev–Trinajstić information content (AvgIpc) is 3.13. The third-order valence-electron chi connectivity index (χ3n) is 4.19. The fourth-order valence-electron chi connectivity index (χ4n) is 2.92. The predicted molar refractivity (Wildman–Crippen MR) is 101 cm³/mol. The predicted octanol–water partition coefficient (Wildman–Crippen LogP) is 3.66. The number of rotatable bonds is 4. The van der Waals surface area contributed by atoms with Gasteiger partial charge in [0.15, 0.2) is 0 Å². The first-order chi connectivity index (χ1) is 13.1. The smallest absolute Gasteiger partial charge is 0.267 e. The molecule has 0 saturated heterocycles. The molecule has 4 rings (SSSR count). The summed E-state index contributed by atoms with van der Waals surface area (Å²) < 4.78 is 10.7. The number of hydrogen-bond donors (Lipinski definition) is 2. The van der Waals surface area contributed by atoms with Crippen LogP contribution in [0.3, 0.4) is 0 Å². The van der Waals surface area contributed by atoms with Crippen LogP contribution in [0.15, 0.2) is 51.8 Å². The van der Waals surface area contributed by atoms with E-state index in [0.717, 1.165) is 5.56 Å². The molecule has 7 heteroatoms. The number of aryl methyl sites for hydroxylation is 1. The lowest BCUT2D eigenvalue weighted by Gasteiger charge is -2.05. The molecule has 4 aromatic rings. The van der Waals surface area contributed by atoms with Crippen LogP contribution in [0.2, 0.25) is 0 Å². The first-order valence-corrected chi connectivity index (χ1v) is 8.49. The summed E-state index contributed by atoms with van der Waals surface area (Å²) in [5.74, 6) is 0.752. The zero-order chi connectivity index (χ0) is 19.0. The Balaban J connectivity index is 1.82. The van der Waals surface area contributed by atoms with Gasteiger partial charge in [0.1, 0.15) is 17.1 Å². The van der Waals surface area contributed by atoms with Crippen molar-refractivity contribution in [2.75, 3.05) is 6.61 Å². The molecule has 2 heterocycles. The highest BCUT2D eigenvalue weighted by molar-refractivity contribution is 5.90. The summed E-state index contributed by atoms with van der Waals surface area (Å²) in [6, 6.07) is 12.6. The standard InChI is InChI=1S/C20H17N3O4/c1-3-26-13-6-4-5-12(10-13)18-22-20(27-23-18)16-17(24)14-9-11(2)7-8-15(14)21-19(16)25/h4-10H,3H2,1-2H3,(H2,21,24,25). The van der Waals surface area contributed by atoms with E-state index in [4.69, 9.17) is 9.26 Å². The van der Waals surface area contributed by atoms with Crippen LogP contribution in [-0.2, 0) is 0 Å². The lowest BCUT2D eigenvalue weighted by Crippen LogP contribution is -2.09. The zero-order valence-corrected chi connectivity index (χ0v) is 14.8. The first kappa shape index (κ1) is 16.8. The monoisotopic (exact) mass is 363 g/mol. The van der Waals surface area contributed by atoms with Crippen LogP contribution in [0.25, 0.3) is 33.7 Å². The van der Waals surface area contributed by atoms with Gasteiger partial charge in [0, 0.05) is 10.9 Å². The van der Waals surface area contributed by atoms with Gasteiger partial charge >= 0.3 is 0 Å². The van der Waals surface area contributed by atoms with Gasteiger partial charge in [-0.05, 0) is 38.1 Å². The van der Waals surface area contributed by atoms with E-state index in [-0.39, 0.29) is 17.2 Å². The summed E-state index contributed by atoms with van der Waals surface area (Å²) in [5.41, 5.74) is 1.63. The number of benzene rings is 2. The summed E-state index contributed by atoms with van der Waals surface area (Å²) in [5, 5.41) is 15.1. The van der Waals surface area contributed by atoms with Crippen LogP contribution in [0.4, 0.5) is 0 Å². The Hall–Kier alpha value is -3.61. The highest BCUT2D eigenvalue weighted by atomic mass is 16.5. The van der Waals surface area contributed by atoms with Gasteiger partial charge in [-0.2, -0.15) is 4.98 Å². The summed E-state index contributed by atoms with van der Waals surface area (Å²) >= 11 is 0. The Bertz CT molecular complexity index is 1190. The minimum atomic E-state index is -0.498. The van der Waals surface area contributed by atoms with Crippen LogP contribution < -0.4 is 10.3 Å². The number of fused-ring (bicyclic) bond motifs is 1. The molecule has 27 heavy (non-hydrogen) atoms. The largest absolute Gasteiger partial charge is 0.506 e. The van der Waals surface area contributed by atoms with Crippen LogP contribution in [-0.4, -0.2) is 26.8 Å². The maximum Gasteiger partial charge on any atom is 0.267 e. The zero-order valence-electron chi connectivity index (χ0n) is 14.8. The third-order valence-corrected chi connectivity index (χ3v) is 4.19. The highest BCUT2D eigenvalue weighted by Gasteiger charge is 2.20. The van der Waals surface area contributed by atoms with E-state index in [0.29, 0.717) is 34.6 Å². The third kappa shape index (κ3) is 3.03. The van der Waals surface area contributed by atoms with Crippen molar-refractivity contribution < 1.29 is 14.4 Å². The lowest BCUT2D eigenvalue weighted by atomic mass is 10.1. The Morgan fingerprint density at radius 2 is 2.07 bits per heavy atom. The van der Waals surface area contributed by atoms with Gasteiger partial charge in [-0.1, -0.05) is 28.9 Å². The number of nitrogens with zero attached hydrogens (tertiary/aromatic N) is 2. The molecule has 136 valence electrons. The van der Waals surface area contributed by atoms with E-state index in [1.54, 1.807) is 18.2 Å². The van der Waals surface area contributed by atoms with E-state index in [9.17, 15) is 9.90 Å². The van der Waals surface area contributed by atoms with Crippen LogP contribution in [0, 0.1) is 6.92 Å². The van der Waals surface area contributed by atoms with Crippen LogP contribution >= 0.6 is 0 Å². The van der Waals surface area contributed by atoms with Crippen molar-refractivity contribution in [3.05, 3.63) is 58.4 Å².